The molecule has 0 radical (unpaired) electrons. The molecule has 558 valence electrons. The van der Waals surface area contributed by atoms with Crippen LogP contribution in [-0.2, 0) is 0 Å². The van der Waals surface area contributed by atoms with E-state index in [-0.39, 0.29) is 81.0 Å². The Morgan fingerprint density at radius 1 is 0.456 bits per heavy atom. The number of nitrogens with zero attached hydrogens (tertiary/aromatic N) is 10. The molecule has 10 aromatic carbocycles. The van der Waals surface area contributed by atoms with Crippen molar-refractivity contribution >= 4 is 115 Å². The van der Waals surface area contributed by atoms with Crippen LogP contribution in [-0.4, -0.2) is 140 Å². The number of aromatic nitrogens is 4. The fourth-order valence-electron chi connectivity index (χ4n) is 15.8. The van der Waals surface area contributed by atoms with E-state index in [4.69, 9.17) is 28.3 Å². The first-order chi connectivity index (χ1) is 55.8. The van der Waals surface area contributed by atoms with Crippen LogP contribution in [0.4, 0.5) is 0 Å². The van der Waals surface area contributed by atoms with Crippen molar-refractivity contribution < 1.29 is 47.1 Å². The Bertz CT molecular complexity index is 5790. The fourth-order valence-corrected chi connectivity index (χ4v) is 15.8. The van der Waals surface area contributed by atoms with Gasteiger partial charge in [-0.25, -0.2) is 24.4 Å². The smallest absolute Gasteiger partial charge is 0.343 e. The van der Waals surface area contributed by atoms with Crippen LogP contribution in [0.25, 0.3) is 71.6 Å². The largest absolute Gasteiger partial charge is 0.447 e. The second kappa shape index (κ2) is 32.1. The lowest BCUT2D eigenvalue weighted by molar-refractivity contribution is 0.0632. The van der Waals surface area contributed by atoms with Gasteiger partial charge in [0.05, 0.1) is 50.7 Å². The maximum atomic E-state index is 14.6. The zero-order valence-electron chi connectivity index (χ0n) is 63.0. The molecule has 4 amide bonds. The van der Waals surface area contributed by atoms with Crippen LogP contribution >= 0.6 is 0 Å². The fraction of sp³-hybridized carbons (Fsp3) is 0.152. The summed E-state index contributed by atoms with van der Waals surface area (Å²) in [6.45, 7) is 21.5. The van der Waals surface area contributed by atoms with E-state index < -0.39 is 49.3 Å². The lowest BCUT2D eigenvalue weighted by Gasteiger charge is -2.24. The first-order valence-corrected chi connectivity index (χ1v) is 38.2. The molecule has 0 aliphatic carbocycles. The second-order valence-electron chi connectivity index (χ2n) is 27.9. The molecule has 2 aliphatic rings. The van der Waals surface area contributed by atoms with Crippen molar-refractivity contribution in [1.29, 1.82) is 5.26 Å². The number of benzene rings is 10. The molecule has 22 heteroatoms. The van der Waals surface area contributed by atoms with Gasteiger partial charge < -0.3 is 37.1 Å². The molecule has 114 heavy (non-hydrogen) atoms. The number of para-hydroxylation sites is 4. The Morgan fingerprint density at radius 3 is 1.20 bits per heavy atom. The van der Waals surface area contributed by atoms with Crippen molar-refractivity contribution in [1.82, 2.24) is 38.5 Å². The molecule has 16 rings (SSSR count). The van der Waals surface area contributed by atoms with E-state index in [0.717, 1.165) is 48.0 Å². The molecular formula is C92H74B2N10O10. The summed E-state index contributed by atoms with van der Waals surface area (Å²) in [4.78, 5) is 106. The Morgan fingerprint density at radius 2 is 0.816 bits per heavy atom. The number of carbonyl (C=O) groups excluding carboxylic acids is 6. The SMILES string of the molecule is [C-]#[N+]/C(c1nc2ccccc2o1)=c1\c2c(-c3ccc(OC(=O)c4ccc5c(c4)C(=O)N(CCCN(CC)CC)C5=O)cc3)n(B(c3ccccc3)c3ccccc3)/c(=C(/C#N)c3nc4ccccc4o3)c2c(-c2ccc(OC(=O)c3ccc4c(c3)C(=O)N(CCCN(CC)CC)C4=O)cc2)n1B(c1ccccc1)c1ccccc1. The summed E-state index contributed by atoms with van der Waals surface area (Å²) in [7, 11) is 0. The lowest BCUT2D eigenvalue weighted by atomic mass is 9.50. The normalized spacial score (nSPS) is 13.1. The highest BCUT2D eigenvalue weighted by Gasteiger charge is 2.41. The van der Waals surface area contributed by atoms with Gasteiger partial charge >= 0.3 is 25.6 Å². The molecule has 0 spiro atoms. The van der Waals surface area contributed by atoms with Crippen molar-refractivity contribution in [3.8, 4) is 40.1 Å². The average Bonchev–Trinajstić information content (AvgIpc) is 1.52. The van der Waals surface area contributed by atoms with Gasteiger partial charge in [0, 0.05) is 35.2 Å². The molecule has 20 nitrogen and oxygen atoms in total. The van der Waals surface area contributed by atoms with Crippen molar-refractivity contribution in [2.75, 3.05) is 52.4 Å². The number of hydrogen-bond donors (Lipinski definition) is 0. The molecule has 4 aromatic heterocycles. The molecule has 0 saturated heterocycles. The van der Waals surface area contributed by atoms with Crippen LogP contribution in [0.1, 0.15) is 114 Å². The predicted molar refractivity (Wildman–Crippen MR) is 440 cm³/mol. The van der Waals surface area contributed by atoms with Gasteiger partial charge in [0.15, 0.2) is 11.2 Å². The number of nitriles is 1. The minimum absolute atomic E-state index is 0.00267. The number of hydrogen-bond acceptors (Lipinski definition) is 15. The van der Waals surface area contributed by atoms with Gasteiger partial charge in [0.2, 0.25) is 11.8 Å². The summed E-state index contributed by atoms with van der Waals surface area (Å²) in [6.07, 6.45) is 1.17. The summed E-state index contributed by atoms with van der Waals surface area (Å²) in [5.41, 5.74) is 7.54. The second-order valence-corrected chi connectivity index (χ2v) is 27.9. The number of esters is 2. The molecule has 0 fully saturated rings. The summed E-state index contributed by atoms with van der Waals surface area (Å²) in [5.74, 6) is -3.19. The van der Waals surface area contributed by atoms with E-state index in [0.29, 0.717) is 92.1 Å². The zero-order chi connectivity index (χ0) is 78.7. The summed E-state index contributed by atoms with van der Waals surface area (Å²) < 4.78 is 30.3. The Balaban J connectivity index is 0.959. The third kappa shape index (κ3) is 13.8. The highest BCUT2D eigenvalue weighted by Crippen LogP contribution is 2.39. The van der Waals surface area contributed by atoms with Crippen LogP contribution in [0.3, 0.4) is 0 Å². The van der Waals surface area contributed by atoms with Crippen molar-refractivity contribution in [3.63, 3.8) is 0 Å². The van der Waals surface area contributed by atoms with E-state index in [1.807, 2.05) is 182 Å². The minimum Gasteiger partial charge on any atom is -0.447 e. The number of carbonyl (C=O) groups is 6. The van der Waals surface area contributed by atoms with Gasteiger partial charge in [-0.2, -0.15) is 5.26 Å². The van der Waals surface area contributed by atoms with Crippen molar-refractivity contribution in [3.05, 3.63) is 322 Å². The highest BCUT2D eigenvalue weighted by atomic mass is 16.5. The number of amides is 4. The van der Waals surface area contributed by atoms with Gasteiger partial charge in [-0.3, -0.25) is 29.0 Å². The minimum atomic E-state index is -0.827. The molecule has 14 aromatic rings. The van der Waals surface area contributed by atoms with Gasteiger partial charge in [-0.15, -0.1) is 0 Å². The standard InChI is InChI=1S/C92H74B2N10O10/c1-6-99(7-2)52-26-54-101-87(105)69-50-44-61(56-71(69)89(101)107)91(109)111-67-46-40-59(41-47-67)81-78-79(84(80(96-5)86-98-75-37-23-25-39-77(75)114-86)104(81)94(65-32-18-12-19-33-65)66-34-20-13-21-35-66)82(60-42-48-68(49-43-60)112-92(110)62-45-51-70-72(57-62)90(108)102(88(70)106)55-27-53-100(8-3)9-4)103(93(63-28-14-10-15-29-63)64-30-16-11-17-31-64)83(78)73(58-95)85-97-74-36-22-24-38-76(74)113-85/h10-25,28-51,56-57H,6-9,26-27,52-55H2,1-4H3/b83-73-,84-80+. The molecule has 0 unspecified atom stereocenters. The van der Waals surface area contributed by atoms with Gasteiger partial charge in [-0.05, 0) is 172 Å². The predicted octanol–water partition coefficient (Wildman–Crippen LogP) is 12.3. The summed E-state index contributed by atoms with van der Waals surface area (Å²) >= 11 is 0. The maximum absolute atomic E-state index is 14.6. The van der Waals surface area contributed by atoms with E-state index in [1.54, 1.807) is 36.4 Å². The molecular weight excluding hydrogens is 1430 g/mol. The molecule has 0 saturated carbocycles. The quantitative estimate of drug-likeness (QED) is 0.0162. The Hall–Kier alpha value is -14.1. The maximum Gasteiger partial charge on any atom is 0.343 e. The summed E-state index contributed by atoms with van der Waals surface area (Å²) in [5, 5.41) is 14.0. The highest BCUT2D eigenvalue weighted by molar-refractivity contribution is 6.85. The number of ether oxygens (including phenoxy) is 2. The number of rotatable bonds is 26. The average molecular weight is 1500 g/mol. The Kier molecular flexibility index (Phi) is 20.9. The van der Waals surface area contributed by atoms with Crippen LogP contribution in [0.2, 0.25) is 0 Å². The van der Waals surface area contributed by atoms with Crippen LogP contribution in [0.15, 0.2) is 264 Å². The topological polar surface area (TPSA) is 224 Å². The Labute approximate surface area is 657 Å². The van der Waals surface area contributed by atoms with E-state index >= 15 is 0 Å². The molecule has 2 aliphatic heterocycles. The zero-order valence-corrected chi connectivity index (χ0v) is 63.0. The van der Waals surface area contributed by atoms with E-state index in [2.05, 4.69) is 57.4 Å². The van der Waals surface area contributed by atoms with Crippen molar-refractivity contribution in [2.45, 2.75) is 40.5 Å². The molecule has 0 atom stereocenters. The number of imide groups is 2. The van der Waals surface area contributed by atoms with Crippen LogP contribution in [0.5, 0.6) is 11.5 Å². The van der Waals surface area contributed by atoms with Crippen LogP contribution < -0.4 is 42.0 Å². The van der Waals surface area contributed by atoms with Crippen LogP contribution in [0, 0.1) is 17.9 Å². The van der Waals surface area contributed by atoms with Crippen molar-refractivity contribution in [2.24, 2.45) is 0 Å². The van der Waals surface area contributed by atoms with E-state index in [9.17, 15) is 40.6 Å². The van der Waals surface area contributed by atoms with Gasteiger partial charge in [0.1, 0.15) is 34.2 Å². The number of fused-ring (bicyclic) bond motifs is 5. The van der Waals surface area contributed by atoms with Gasteiger partial charge in [0.25, 0.3) is 29.3 Å². The summed E-state index contributed by atoms with van der Waals surface area (Å²) in [6, 6.07) is 79.2. The first-order valence-electron chi connectivity index (χ1n) is 38.2. The molecule has 0 N–H and O–H groups in total. The number of oxazole rings is 2. The molecule has 0 bridgehead atoms. The first kappa shape index (κ1) is 74.1. The lowest BCUT2D eigenvalue weighted by Crippen LogP contribution is -2.54. The monoisotopic (exact) mass is 1500 g/mol. The van der Waals surface area contributed by atoms with Gasteiger partial charge in [-0.1, -0.05) is 195 Å². The third-order valence-corrected chi connectivity index (χ3v) is 21.4. The van der Waals surface area contributed by atoms with E-state index in [1.165, 1.54) is 46.2 Å². The molecule has 6 heterocycles. The third-order valence-electron chi connectivity index (χ3n) is 21.4.